The SMILES string of the molecule is NC(=O)Cc1csc(N2CCOCC2)n1. The van der Waals surface area contributed by atoms with Gasteiger partial charge < -0.3 is 15.4 Å². The van der Waals surface area contributed by atoms with E-state index in [-0.39, 0.29) is 12.3 Å². The lowest BCUT2D eigenvalue weighted by atomic mass is 10.3. The summed E-state index contributed by atoms with van der Waals surface area (Å²) in [4.78, 5) is 17.2. The highest BCUT2D eigenvalue weighted by atomic mass is 32.1. The molecule has 1 fully saturated rings. The van der Waals surface area contributed by atoms with Gasteiger partial charge in [-0.15, -0.1) is 11.3 Å². The highest BCUT2D eigenvalue weighted by Gasteiger charge is 2.14. The number of anilines is 1. The Bertz CT molecular complexity index is 347. The topological polar surface area (TPSA) is 68.5 Å². The normalized spacial score (nSPS) is 16.7. The number of ether oxygens (including phenoxy) is 1. The molecule has 2 N–H and O–H groups in total. The van der Waals surface area contributed by atoms with E-state index in [0.717, 1.165) is 37.1 Å². The summed E-state index contributed by atoms with van der Waals surface area (Å²) in [5, 5.41) is 2.84. The molecular weight excluding hydrogens is 214 g/mol. The van der Waals surface area contributed by atoms with E-state index in [1.165, 1.54) is 0 Å². The predicted molar refractivity (Wildman–Crippen MR) is 58.0 cm³/mol. The van der Waals surface area contributed by atoms with Crippen molar-refractivity contribution in [3.8, 4) is 0 Å². The molecule has 6 heteroatoms. The Kier molecular flexibility index (Phi) is 3.17. The van der Waals surface area contributed by atoms with Crippen LogP contribution in [0.1, 0.15) is 5.69 Å². The lowest BCUT2D eigenvalue weighted by Crippen LogP contribution is -2.36. The molecule has 0 unspecified atom stereocenters. The van der Waals surface area contributed by atoms with Gasteiger partial charge in [0, 0.05) is 18.5 Å². The summed E-state index contributed by atoms with van der Waals surface area (Å²) in [6.07, 6.45) is 0.223. The van der Waals surface area contributed by atoms with Crippen LogP contribution in [0.2, 0.25) is 0 Å². The molecule has 2 rings (SSSR count). The number of nitrogens with zero attached hydrogens (tertiary/aromatic N) is 2. The largest absolute Gasteiger partial charge is 0.378 e. The predicted octanol–water partition coefficient (Wildman–Crippen LogP) is 0.00750. The smallest absolute Gasteiger partial charge is 0.223 e. The van der Waals surface area contributed by atoms with Crippen molar-refractivity contribution in [3.63, 3.8) is 0 Å². The van der Waals surface area contributed by atoms with E-state index < -0.39 is 0 Å². The first-order valence-corrected chi connectivity index (χ1v) is 5.69. The average molecular weight is 227 g/mol. The summed E-state index contributed by atoms with van der Waals surface area (Å²) in [7, 11) is 0. The third-order valence-electron chi connectivity index (χ3n) is 2.18. The van der Waals surface area contributed by atoms with E-state index in [0.29, 0.717) is 0 Å². The summed E-state index contributed by atoms with van der Waals surface area (Å²) in [5.74, 6) is -0.339. The second-order valence-electron chi connectivity index (χ2n) is 3.36. The second-order valence-corrected chi connectivity index (χ2v) is 4.20. The van der Waals surface area contributed by atoms with Crippen molar-refractivity contribution >= 4 is 22.4 Å². The summed E-state index contributed by atoms with van der Waals surface area (Å²) in [5.41, 5.74) is 5.86. The number of thiazole rings is 1. The fourth-order valence-corrected chi connectivity index (χ4v) is 2.33. The minimum Gasteiger partial charge on any atom is -0.378 e. The molecule has 0 radical (unpaired) electrons. The van der Waals surface area contributed by atoms with Gasteiger partial charge in [-0.1, -0.05) is 0 Å². The molecule has 0 saturated carbocycles. The van der Waals surface area contributed by atoms with Crippen molar-refractivity contribution in [3.05, 3.63) is 11.1 Å². The number of morpholine rings is 1. The Balaban J connectivity index is 2.02. The Morgan fingerprint density at radius 1 is 1.60 bits per heavy atom. The lowest BCUT2D eigenvalue weighted by molar-refractivity contribution is -0.117. The Morgan fingerprint density at radius 2 is 2.33 bits per heavy atom. The molecule has 1 amide bonds. The van der Waals surface area contributed by atoms with Crippen LogP contribution < -0.4 is 10.6 Å². The van der Waals surface area contributed by atoms with E-state index >= 15 is 0 Å². The fraction of sp³-hybridized carbons (Fsp3) is 0.556. The number of nitrogens with two attached hydrogens (primary N) is 1. The molecule has 0 aliphatic carbocycles. The first kappa shape index (κ1) is 10.4. The lowest BCUT2D eigenvalue weighted by Gasteiger charge is -2.25. The van der Waals surface area contributed by atoms with E-state index in [9.17, 15) is 4.79 Å². The van der Waals surface area contributed by atoms with Gasteiger partial charge in [0.1, 0.15) is 0 Å². The van der Waals surface area contributed by atoms with Gasteiger partial charge in [0.2, 0.25) is 5.91 Å². The molecule has 2 heterocycles. The van der Waals surface area contributed by atoms with Gasteiger partial charge in [-0.2, -0.15) is 0 Å². The van der Waals surface area contributed by atoms with Crippen LogP contribution in [0.5, 0.6) is 0 Å². The van der Waals surface area contributed by atoms with Gasteiger partial charge in [0.25, 0.3) is 0 Å². The van der Waals surface area contributed by atoms with Gasteiger partial charge >= 0.3 is 0 Å². The minimum absolute atomic E-state index is 0.223. The second kappa shape index (κ2) is 4.59. The van der Waals surface area contributed by atoms with E-state index in [2.05, 4.69) is 9.88 Å². The van der Waals surface area contributed by atoms with Crippen molar-refractivity contribution < 1.29 is 9.53 Å². The number of carbonyl (C=O) groups is 1. The fourth-order valence-electron chi connectivity index (χ4n) is 1.46. The Labute approximate surface area is 91.9 Å². The molecule has 0 bridgehead atoms. The van der Waals surface area contributed by atoms with Gasteiger partial charge in [0.15, 0.2) is 5.13 Å². The molecule has 1 aliphatic rings. The molecule has 15 heavy (non-hydrogen) atoms. The van der Waals surface area contributed by atoms with Crippen LogP contribution in [0.3, 0.4) is 0 Å². The Hall–Kier alpha value is -1.14. The van der Waals surface area contributed by atoms with Gasteiger partial charge in [-0.3, -0.25) is 4.79 Å². The Morgan fingerprint density at radius 3 is 3.00 bits per heavy atom. The van der Waals surface area contributed by atoms with Crippen LogP contribution in [0, 0.1) is 0 Å². The highest BCUT2D eigenvalue weighted by molar-refractivity contribution is 7.13. The number of primary amides is 1. The van der Waals surface area contributed by atoms with Crippen LogP contribution in [0.15, 0.2) is 5.38 Å². The van der Waals surface area contributed by atoms with Gasteiger partial charge in [-0.05, 0) is 0 Å². The van der Waals surface area contributed by atoms with Crippen LogP contribution in [0.25, 0.3) is 0 Å². The van der Waals surface area contributed by atoms with Crippen molar-refractivity contribution in [2.24, 2.45) is 5.73 Å². The standard InChI is InChI=1S/C9H13N3O2S/c10-8(13)5-7-6-15-9(11-7)12-1-3-14-4-2-12/h6H,1-5H2,(H2,10,13). The number of hydrogen-bond donors (Lipinski definition) is 1. The van der Waals surface area contributed by atoms with Crippen molar-refractivity contribution in [1.82, 2.24) is 4.98 Å². The summed E-state index contributed by atoms with van der Waals surface area (Å²) in [6, 6.07) is 0. The number of aromatic nitrogens is 1. The zero-order valence-corrected chi connectivity index (χ0v) is 9.13. The highest BCUT2D eigenvalue weighted by Crippen LogP contribution is 2.21. The third kappa shape index (κ3) is 2.66. The number of rotatable bonds is 3. The molecule has 0 atom stereocenters. The zero-order valence-electron chi connectivity index (χ0n) is 8.31. The van der Waals surface area contributed by atoms with Crippen LogP contribution in [-0.2, 0) is 16.0 Å². The first-order chi connectivity index (χ1) is 7.25. The molecule has 1 aliphatic heterocycles. The molecule has 82 valence electrons. The molecule has 1 aromatic heterocycles. The monoisotopic (exact) mass is 227 g/mol. The molecule has 0 spiro atoms. The molecule has 1 saturated heterocycles. The average Bonchev–Trinajstić information content (AvgIpc) is 2.67. The summed E-state index contributed by atoms with van der Waals surface area (Å²) >= 11 is 1.55. The maximum absolute atomic E-state index is 10.7. The van der Waals surface area contributed by atoms with Crippen LogP contribution in [0.4, 0.5) is 5.13 Å². The number of carbonyl (C=O) groups excluding carboxylic acids is 1. The molecule has 5 nitrogen and oxygen atoms in total. The first-order valence-electron chi connectivity index (χ1n) is 4.81. The van der Waals surface area contributed by atoms with E-state index in [4.69, 9.17) is 10.5 Å². The number of amides is 1. The molecular formula is C9H13N3O2S. The van der Waals surface area contributed by atoms with Gasteiger partial charge in [0.05, 0.1) is 25.3 Å². The van der Waals surface area contributed by atoms with Crippen molar-refractivity contribution in [2.75, 3.05) is 31.2 Å². The van der Waals surface area contributed by atoms with Crippen LogP contribution in [-0.4, -0.2) is 37.2 Å². The third-order valence-corrected chi connectivity index (χ3v) is 3.13. The van der Waals surface area contributed by atoms with E-state index in [1.54, 1.807) is 11.3 Å². The number of hydrogen-bond acceptors (Lipinski definition) is 5. The molecule has 0 aromatic carbocycles. The quantitative estimate of drug-likeness (QED) is 0.789. The minimum atomic E-state index is -0.339. The summed E-state index contributed by atoms with van der Waals surface area (Å²) in [6.45, 7) is 3.21. The van der Waals surface area contributed by atoms with Crippen molar-refractivity contribution in [1.29, 1.82) is 0 Å². The van der Waals surface area contributed by atoms with Gasteiger partial charge in [-0.25, -0.2) is 4.98 Å². The molecule has 1 aromatic rings. The summed E-state index contributed by atoms with van der Waals surface area (Å²) < 4.78 is 5.25. The van der Waals surface area contributed by atoms with E-state index in [1.807, 2.05) is 5.38 Å². The van der Waals surface area contributed by atoms with Crippen molar-refractivity contribution in [2.45, 2.75) is 6.42 Å². The maximum atomic E-state index is 10.7. The maximum Gasteiger partial charge on any atom is 0.223 e. The van der Waals surface area contributed by atoms with Crippen LogP contribution >= 0.6 is 11.3 Å². The zero-order chi connectivity index (χ0) is 10.7.